The standard InChI is InChI=1S/C11H16N2O3/c1-8(7-14)9(2)12-10-4-3-5-11(6-10)13(15)16/h3-6,8-9,12,14H,7H2,1-2H3. The maximum absolute atomic E-state index is 10.6. The summed E-state index contributed by atoms with van der Waals surface area (Å²) in [5.74, 6) is 0.0965. The van der Waals surface area contributed by atoms with Gasteiger partial charge in [0.1, 0.15) is 0 Å². The first-order chi connectivity index (χ1) is 7.54. The molecule has 0 aromatic heterocycles. The molecule has 0 fully saturated rings. The Morgan fingerprint density at radius 1 is 1.50 bits per heavy atom. The van der Waals surface area contributed by atoms with Crippen molar-refractivity contribution in [1.29, 1.82) is 0 Å². The van der Waals surface area contributed by atoms with E-state index in [9.17, 15) is 10.1 Å². The van der Waals surface area contributed by atoms with E-state index in [0.29, 0.717) is 5.69 Å². The normalized spacial score (nSPS) is 14.2. The first-order valence-corrected chi connectivity index (χ1v) is 5.16. The predicted molar refractivity (Wildman–Crippen MR) is 62.4 cm³/mol. The average Bonchev–Trinajstić information content (AvgIpc) is 2.28. The second-order valence-electron chi connectivity index (χ2n) is 3.90. The van der Waals surface area contributed by atoms with Crippen molar-refractivity contribution in [3.63, 3.8) is 0 Å². The van der Waals surface area contributed by atoms with Crippen molar-refractivity contribution in [3.05, 3.63) is 34.4 Å². The van der Waals surface area contributed by atoms with E-state index in [-0.39, 0.29) is 24.3 Å². The van der Waals surface area contributed by atoms with Crippen LogP contribution in [0.4, 0.5) is 11.4 Å². The maximum atomic E-state index is 10.6. The number of nitrogens with zero attached hydrogens (tertiary/aromatic N) is 1. The number of nitro benzene ring substituents is 1. The molecule has 0 spiro atoms. The van der Waals surface area contributed by atoms with Crippen molar-refractivity contribution in [2.24, 2.45) is 5.92 Å². The molecule has 0 radical (unpaired) electrons. The predicted octanol–water partition coefficient (Wildman–Crippen LogP) is 2.02. The third-order valence-corrected chi connectivity index (χ3v) is 2.59. The Bertz CT molecular complexity index is 368. The van der Waals surface area contributed by atoms with Crippen molar-refractivity contribution >= 4 is 11.4 Å². The number of rotatable bonds is 5. The summed E-state index contributed by atoms with van der Waals surface area (Å²) in [6, 6.07) is 6.41. The molecule has 5 heteroatoms. The molecule has 2 unspecified atom stereocenters. The van der Waals surface area contributed by atoms with E-state index in [1.54, 1.807) is 12.1 Å². The number of non-ortho nitro benzene ring substituents is 1. The van der Waals surface area contributed by atoms with E-state index in [2.05, 4.69) is 5.32 Å². The zero-order valence-corrected chi connectivity index (χ0v) is 9.38. The topological polar surface area (TPSA) is 75.4 Å². The number of nitrogens with one attached hydrogen (secondary N) is 1. The van der Waals surface area contributed by atoms with E-state index in [1.165, 1.54) is 12.1 Å². The second-order valence-corrected chi connectivity index (χ2v) is 3.90. The van der Waals surface area contributed by atoms with Crippen molar-refractivity contribution in [1.82, 2.24) is 0 Å². The van der Waals surface area contributed by atoms with Crippen LogP contribution in [0, 0.1) is 16.0 Å². The molecule has 1 aromatic carbocycles. The fourth-order valence-corrected chi connectivity index (χ4v) is 1.27. The minimum Gasteiger partial charge on any atom is -0.396 e. The van der Waals surface area contributed by atoms with Gasteiger partial charge in [0.15, 0.2) is 0 Å². The van der Waals surface area contributed by atoms with Gasteiger partial charge in [-0.25, -0.2) is 0 Å². The Balaban J connectivity index is 2.74. The summed E-state index contributed by atoms with van der Waals surface area (Å²) in [4.78, 5) is 10.1. The number of hydrogen-bond donors (Lipinski definition) is 2. The number of benzene rings is 1. The summed E-state index contributed by atoms with van der Waals surface area (Å²) in [5.41, 5.74) is 0.760. The number of anilines is 1. The molecule has 0 aliphatic heterocycles. The van der Waals surface area contributed by atoms with Crippen molar-refractivity contribution < 1.29 is 10.0 Å². The number of aliphatic hydroxyl groups is 1. The van der Waals surface area contributed by atoms with Gasteiger partial charge in [-0.2, -0.15) is 0 Å². The van der Waals surface area contributed by atoms with Crippen LogP contribution in [-0.4, -0.2) is 22.7 Å². The average molecular weight is 224 g/mol. The molecule has 0 aliphatic carbocycles. The summed E-state index contributed by atoms with van der Waals surface area (Å²) in [6.07, 6.45) is 0. The van der Waals surface area contributed by atoms with Crippen LogP contribution in [0.15, 0.2) is 24.3 Å². The number of aliphatic hydroxyl groups excluding tert-OH is 1. The molecule has 1 aromatic rings. The maximum Gasteiger partial charge on any atom is 0.271 e. The van der Waals surface area contributed by atoms with Gasteiger partial charge in [-0.1, -0.05) is 13.0 Å². The van der Waals surface area contributed by atoms with Gasteiger partial charge in [-0.15, -0.1) is 0 Å². The van der Waals surface area contributed by atoms with E-state index in [0.717, 1.165) is 0 Å². The summed E-state index contributed by atoms with van der Waals surface area (Å²) in [6.45, 7) is 3.93. The molecule has 0 amide bonds. The lowest BCUT2D eigenvalue weighted by atomic mass is 10.0. The molecule has 16 heavy (non-hydrogen) atoms. The van der Waals surface area contributed by atoms with Crippen LogP contribution >= 0.6 is 0 Å². The highest BCUT2D eigenvalue weighted by molar-refractivity contribution is 5.51. The summed E-state index contributed by atoms with van der Waals surface area (Å²) in [5, 5.41) is 22.7. The minimum absolute atomic E-state index is 0.0620. The zero-order valence-electron chi connectivity index (χ0n) is 9.38. The Hall–Kier alpha value is -1.62. The van der Waals surface area contributed by atoms with Gasteiger partial charge in [-0.3, -0.25) is 10.1 Å². The molecule has 88 valence electrons. The van der Waals surface area contributed by atoms with Crippen LogP contribution in [0.5, 0.6) is 0 Å². The zero-order chi connectivity index (χ0) is 12.1. The fraction of sp³-hybridized carbons (Fsp3) is 0.455. The molecule has 0 saturated heterocycles. The molecule has 2 N–H and O–H groups in total. The van der Waals surface area contributed by atoms with Gasteiger partial charge in [0.05, 0.1) is 4.92 Å². The molecule has 5 nitrogen and oxygen atoms in total. The second kappa shape index (κ2) is 5.46. The first kappa shape index (κ1) is 12.4. The minimum atomic E-state index is -0.425. The monoisotopic (exact) mass is 224 g/mol. The van der Waals surface area contributed by atoms with Gasteiger partial charge in [0, 0.05) is 30.5 Å². The smallest absolute Gasteiger partial charge is 0.271 e. The Kier molecular flexibility index (Phi) is 4.25. The summed E-state index contributed by atoms with van der Waals surface area (Å²) < 4.78 is 0. The molecule has 2 atom stereocenters. The van der Waals surface area contributed by atoms with Gasteiger partial charge < -0.3 is 10.4 Å². The third kappa shape index (κ3) is 3.20. The molecule has 0 saturated carbocycles. The van der Waals surface area contributed by atoms with Crippen LogP contribution in [0.2, 0.25) is 0 Å². The lowest BCUT2D eigenvalue weighted by Crippen LogP contribution is -2.26. The quantitative estimate of drug-likeness (QED) is 0.592. The van der Waals surface area contributed by atoms with Crippen LogP contribution < -0.4 is 5.32 Å². The Morgan fingerprint density at radius 2 is 2.19 bits per heavy atom. The van der Waals surface area contributed by atoms with Gasteiger partial charge in [0.25, 0.3) is 5.69 Å². The largest absolute Gasteiger partial charge is 0.396 e. The highest BCUT2D eigenvalue weighted by atomic mass is 16.6. The van der Waals surface area contributed by atoms with Gasteiger partial charge >= 0.3 is 0 Å². The number of nitro groups is 1. The van der Waals surface area contributed by atoms with Crippen LogP contribution in [-0.2, 0) is 0 Å². The van der Waals surface area contributed by atoms with Crippen molar-refractivity contribution in [3.8, 4) is 0 Å². The molecule has 1 rings (SSSR count). The van der Waals surface area contributed by atoms with E-state index >= 15 is 0 Å². The van der Waals surface area contributed by atoms with Crippen LogP contribution in [0.3, 0.4) is 0 Å². The Morgan fingerprint density at radius 3 is 2.75 bits per heavy atom. The lowest BCUT2D eigenvalue weighted by molar-refractivity contribution is -0.384. The van der Waals surface area contributed by atoms with Gasteiger partial charge in [0.2, 0.25) is 0 Å². The van der Waals surface area contributed by atoms with Crippen molar-refractivity contribution in [2.75, 3.05) is 11.9 Å². The molecule has 0 bridgehead atoms. The van der Waals surface area contributed by atoms with E-state index < -0.39 is 4.92 Å². The fourth-order valence-electron chi connectivity index (χ4n) is 1.27. The summed E-state index contributed by atoms with van der Waals surface area (Å²) in [7, 11) is 0. The first-order valence-electron chi connectivity index (χ1n) is 5.16. The third-order valence-electron chi connectivity index (χ3n) is 2.59. The van der Waals surface area contributed by atoms with E-state index in [4.69, 9.17) is 5.11 Å². The highest BCUT2D eigenvalue weighted by Crippen LogP contribution is 2.19. The Labute approximate surface area is 94.3 Å². The lowest BCUT2D eigenvalue weighted by Gasteiger charge is -2.20. The van der Waals surface area contributed by atoms with Gasteiger partial charge in [-0.05, 0) is 18.9 Å². The highest BCUT2D eigenvalue weighted by Gasteiger charge is 2.12. The summed E-state index contributed by atoms with van der Waals surface area (Å²) >= 11 is 0. The molecular formula is C11H16N2O3. The molecular weight excluding hydrogens is 208 g/mol. The van der Waals surface area contributed by atoms with Crippen LogP contribution in [0.1, 0.15) is 13.8 Å². The van der Waals surface area contributed by atoms with E-state index in [1.807, 2.05) is 13.8 Å². The SMILES string of the molecule is CC(CO)C(C)Nc1cccc([N+](=O)[O-])c1. The molecule has 0 heterocycles. The molecule has 0 aliphatic rings. The number of hydrogen-bond acceptors (Lipinski definition) is 4. The van der Waals surface area contributed by atoms with Crippen molar-refractivity contribution in [2.45, 2.75) is 19.9 Å². The van der Waals surface area contributed by atoms with Crippen LogP contribution in [0.25, 0.3) is 0 Å².